The second-order valence-corrected chi connectivity index (χ2v) is 4.20. The molecule has 1 aromatic heterocycles. The van der Waals surface area contributed by atoms with Crippen LogP contribution in [0.1, 0.15) is 11.1 Å². The largest absolute Gasteiger partial charge is 0.360 e. The SMILES string of the molecule is Cc1cccc2c(C[NH+](C)C)c[nH]c12. The molecule has 0 bridgehead atoms. The van der Waals surface area contributed by atoms with Gasteiger partial charge in [0.05, 0.1) is 14.1 Å². The smallest absolute Gasteiger partial charge is 0.104 e. The number of para-hydroxylation sites is 1. The molecular formula is C12H17N2+. The average molecular weight is 189 g/mol. The van der Waals surface area contributed by atoms with E-state index in [1.165, 1.54) is 26.9 Å². The van der Waals surface area contributed by atoms with Crippen LogP contribution in [0, 0.1) is 6.92 Å². The number of H-pyrrole nitrogens is 1. The summed E-state index contributed by atoms with van der Waals surface area (Å²) in [5.74, 6) is 0. The molecule has 0 unspecified atom stereocenters. The van der Waals surface area contributed by atoms with Crippen molar-refractivity contribution in [3.8, 4) is 0 Å². The number of rotatable bonds is 2. The summed E-state index contributed by atoms with van der Waals surface area (Å²) in [4.78, 5) is 4.80. The summed E-state index contributed by atoms with van der Waals surface area (Å²) in [6, 6.07) is 6.46. The summed E-state index contributed by atoms with van der Waals surface area (Å²) >= 11 is 0. The van der Waals surface area contributed by atoms with E-state index in [1.807, 2.05) is 0 Å². The van der Waals surface area contributed by atoms with Crippen molar-refractivity contribution < 1.29 is 4.90 Å². The average Bonchev–Trinajstić information content (AvgIpc) is 2.49. The van der Waals surface area contributed by atoms with E-state index in [2.05, 4.69) is 50.4 Å². The molecule has 14 heavy (non-hydrogen) atoms. The highest BCUT2D eigenvalue weighted by molar-refractivity contribution is 5.85. The molecule has 0 saturated heterocycles. The molecule has 0 saturated carbocycles. The number of fused-ring (bicyclic) bond motifs is 1. The fourth-order valence-corrected chi connectivity index (χ4v) is 1.89. The van der Waals surface area contributed by atoms with Gasteiger partial charge < -0.3 is 9.88 Å². The Labute approximate surface area is 84.5 Å². The highest BCUT2D eigenvalue weighted by Gasteiger charge is 2.06. The minimum atomic E-state index is 1.07. The van der Waals surface area contributed by atoms with Gasteiger partial charge in [0.15, 0.2) is 0 Å². The van der Waals surface area contributed by atoms with Crippen molar-refractivity contribution in [1.29, 1.82) is 0 Å². The lowest BCUT2D eigenvalue weighted by molar-refractivity contribution is -0.872. The zero-order valence-electron chi connectivity index (χ0n) is 9.02. The molecule has 0 aliphatic heterocycles. The van der Waals surface area contributed by atoms with Gasteiger partial charge in [-0.1, -0.05) is 18.2 Å². The molecule has 0 spiro atoms. The number of hydrogen-bond donors (Lipinski definition) is 2. The first-order valence-electron chi connectivity index (χ1n) is 5.03. The third-order valence-electron chi connectivity index (χ3n) is 2.55. The lowest BCUT2D eigenvalue weighted by Gasteiger charge is -2.05. The molecule has 0 aliphatic carbocycles. The number of hydrogen-bond acceptors (Lipinski definition) is 0. The highest BCUT2D eigenvalue weighted by atomic mass is 15.0. The second kappa shape index (κ2) is 3.46. The summed E-state index contributed by atoms with van der Waals surface area (Å²) < 4.78 is 0. The molecule has 1 heterocycles. The van der Waals surface area contributed by atoms with Crippen molar-refractivity contribution in [2.24, 2.45) is 0 Å². The number of aromatic amines is 1. The molecule has 0 fully saturated rings. The summed E-state index contributed by atoms with van der Waals surface area (Å²) in [6.07, 6.45) is 2.13. The maximum atomic E-state index is 3.35. The Morgan fingerprint density at radius 3 is 2.79 bits per heavy atom. The van der Waals surface area contributed by atoms with E-state index < -0.39 is 0 Å². The van der Waals surface area contributed by atoms with Gasteiger partial charge in [-0.15, -0.1) is 0 Å². The molecule has 2 heteroatoms. The lowest BCUT2D eigenvalue weighted by atomic mass is 10.1. The molecule has 0 amide bonds. The van der Waals surface area contributed by atoms with E-state index in [1.54, 1.807) is 0 Å². The molecular weight excluding hydrogens is 172 g/mol. The van der Waals surface area contributed by atoms with Crippen molar-refractivity contribution in [2.75, 3.05) is 14.1 Å². The maximum Gasteiger partial charge on any atom is 0.104 e. The van der Waals surface area contributed by atoms with Crippen LogP contribution in [0.2, 0.25) is 0 Å². The molecule has 74 valence electrons. The van der Waals surface area contributed by atoms with Gasteiger partial charge in [-0.25, -0.2) is 0 Å². The van der Waals surface area contributed by atoms with E-state index in [9.17, 15) is 0 Å². The van der Waals surface area contributed by atoms with Crippen LogP contribution in [0.25, 0.3) is 10.9 Å². The second-order valence-electron chi connectivity index (χ2n) is 4.20. The molecule has 0 atom stereocenters. The summed E-state index contributed by atoms with van der Waals surface area (Å²) in [6.45, 7) is 3.22. The zero-order chi connectivity index (χ0) is 10.1. The van der Waals surface area contributed by atoms with E-state index in [4.69, 9.17) is 0 Å². The quantitative estimate of drug-likeness (QED) is 0.706. The minimum Gasteiger partial charge on any atom is -0.360 e. The molecule has 2 aromatic rings. The molecule has 2 nitrogen and oxygen atoms in total. The van der Waals surface area contributed by atoms with Crippen LogP contribution in [0.3, 0.4) is 0 Å². The summed E-state index contributed by atoms with van der Waals surface area (Å²) in [5, 5.41) is 1.37. The first kappa shape index (κ1) is 9.28. The predicted molar refractivity (Wildman–Crippen MR) is 59.6 cm³/mol. The van der Waals surface area contributed by atoms with Crippen molar-refractivity contribution in [2.45, 2.75) is 13.5 Å². The van der Waals surface area contributed by atoms with Crippen LogP contribution >= 0.6 is 0 Å². The Morgan fingerprint density at radius 1 is 1.29 bits per heavy atom. The van der Waals surface area contributed by atoms with Crippen molar-refractivity contribution in [3.63, 3.8) is 0 Å². The predicted octanol–water partition coefficient (Wildman–Crippen LogP) is 1.12. The summed E-state index contributed by atoms with van der Waals surface area (Å²) in [7, 11) is 4.35. The van der Waals surface area contributed by atoms with Gasteiger partial charge in [0.2, 0.25) is 0 Å². The fourth-order valence-electron chi connectivity index (χ4n) is 1.89. The van der Waals surface area contributed by atoms with Crippen LogP contribution in [0.5, 0.6) is 0 Å². The van der Waals surface area contributed by atoms with Crippen LogP contribution in [0.4, 0.5) is 0 Å². The maximum absolute atomic E-state index is 3.35. The van der Waals surface area contributed by atoms with Gasteiger partial charge >= 0.3 is 0 Å². The van der Waals surface area contributed by atoms with Crippen LogP contribution in [-0.4, -0.2) is 19.1 Å². The van der Waals surface area contributed by atoms with Crippen molar-refractivity contribution in [1.82, 2.24) is 4.98 Å². The standard InChI is InChI=1S/C12H16N2/c1-9-5-4-6-11-10(8-14(2)3)7-13-12(9)11/h4-7,13H,8H2,1-3H3/p+1. The third kappa shape index (κ3) is 1.53. The van der Waals surface area contributed by atoms with Gasteiger partial charge in [-0.05, 0) is 12.5 Å². The topological polar surface area (TPSA) is 20.2 Å². The monoisotopic (exact) mass is 189 g/mol. The fraction of sp³-hybridized carbons (Fsp3) is 0.333. The van der Waals surface area contributed by atoms with Gasteiger partial charge in [-0.3, -0.25) is 0 Å². The van der Waals surface area contributed by atoms with Crippen molar-refractivity contribution >= 4 is 10.9 Å². The van der Waals surface area contributed by atoms with E-state index in [-0.39, 0.29) is 0 Å². The van der Waals surface area contributed by atoms with Crippen molar-refractivity contribution in [3.05, 3.63) is 35.5 Å². The Bertz CT molecular complexity index is 441. The van der Waals surface area contributed by atoms with Gasteiger partial charge in [0, 0.05) is 22.7 Å². The molecule has 2 rings (SSSR count). The van der Waals surface area contributed by atoms with E-state index in [0.29, 0.717) is 0 Å². The number of quaternary nitrogens is 1. The third-order valence-corrected chi connectivity index (χ3v) is 2.55. The normalized spacial score (nSPS) is 11.4. The molecule has 1 aromatic carbocycles. The van der Waals surface area contributed by atoms with E-state index in [0.717, 1.165) is 6.54 Å². The van der Waals surface area contributed by atoms with Gasteiger partial charge in [0.1, 0.15) is 6.54 Å². The summed E-state index contributed by atoms with van der Waals surface area (Å²) in [5.41, 5.74) is 4.01. The Hall–Kier alpha value is -1.28. The molecule has 2 N–H and O–H groups in total. The minimum absolute atomic E-state index is 1.07. The van der Waals surface area contributed by atoms with Gasteiger partial charge in [-0.2, -0.15) is 0 Å². The highest BCUT2D eigenvalue weighted by Crippen LogP contribution is 2.20. The number of benzene rings is 1. The number of nitrogens with one attached hydrogen (secondary N) is 2. The molecule has 0 aliphatic rings. The molecule has 0 radical (unpaired) electrons. The van der Waals surface area contributed by atoms with Gasteiger partial charge in [0.25, 0.3) is 0 Å². The van der Waals surface area contributed by atoms with E-state index >= 15 is 0 Å². The number of aryl methyl sites for hydroxylation is 1. The first-order valence-corrected chi connectivity index (χ1v) is 5.03. The number of aromatic nitrogens is 1. The van der Waals surface area contributed by atoms with Crippen LogP contribution in [0.15, 0.2) is 24.4 Å². The van der Waals surface area contributed by atoms with Crippen LogP contribution in [-0.2, 0) is 6.54 Å². The Morgan fingerprint density at radius 2 is 2.07 bits per heavy atom. The lowest BCUT2D eigenvalue weighted by Crippen LogP contribution is -3.04. The Kier molecular flexibility index (Phi) is 2.30. The first-order chi connectivity index (χ1) is 6.68. The Balaban J connectivity index is 2.52. The zero-order valence-corrected chi connectivity index (χ0v) is 9.02. The van der Waals surface area contributed by atoms with Crippen LogP contribution < -0.4 is 4.90 Å².